The number of hydrogen-bond acceptors (Lipinski definition) is 5. The number of aromatic nitrogens is 4. The van der Waals surface area contributed by atoms with E-state index in [1.54, 1.807) is 4.68 Å². The van der Waals surface area contributed by atoms with Gasteiger partial charge in [-0.05, 0) is 13.0 Å². The number of aryl methyl sites for hydroxylation is 2. The topological polar surface area (TPSA) is 56.1 Å². The van der Waals surface area contributed by atoms with Gasteiger partial charge in [0.2, 0.25) is 0 Å². The fraction of sp³-hybridized carbons (Fsp3) is 0.312. The first-order valence-electron chi connectivity index (χ1n) is 7.34. The average molecular weight is 295 g/mol. The van der Waals surface area contributed by atoms with Crippen LogP contribution in [0.4, 0.5) is 5.82 Å². The first-order chi connectivity index (χ1) is 10.7. The molecule has 6 heteroatoms. The number of nitrogens with zero attached hydrogens (tertiary/aromatic N) is 5. The molecule has 0 radical (unpaired) electrons. The Morgan fingerprint density at radius 3 is 2.95 bits per heavy atom. The van der Waals surface area contributed by atoms with E-state index in [0.29, 0.717) is 6.61 Å². The Hall–Kier alpha value is -2.63. The zero-order valence-electron chi connectivity index (χ0n) is 12.7. The van der Waals surface area contributed by atoms with Crippen LogP contribution < -0.4 is 9.64 Å². The van der Waals surface area contributed by atoms with Crippen molar-refractivity contribution in [2.75, 3.05) is 18.1 Å². The van der Waals surface area contributed by atoms with Gasteiger partial charge >= 0.3 is 0 Å². The molecule has 0 aliphatic carbocycles. The lowest BCUT2D eigenvalue weighted by molar-refractivity contribution is 0.331. The first kappa shape index (κ1) is 13.1. The van der Waals surface area contributed by atoms with Crippen LogP contribution in [-0.2, 0) is 13.6 Å². The van der Waals surface area contributed by atoms with E-state index in [-0.39, 0.29) is 0 Å². The fourth-order valence-corrected chi connectivity index (χ4v) is 2.86. The highest BCUT2D eigenvalue weighted by atomic mass is 16.5. The first-order valence-corrected chi connectivity index (χ1v) is 7.34. The number of fused-ring (bicyclic) bond motifs is 2. The predicted molar refractivity (Wildman–Crippen MR) is 84.0 cm³/mol. The molecule has 0 bridgehead atoms. The Morgan fingerprint density at radius 2 is 2.05 bits per heavy atom. The molecule has 0 saturated carbocycles. The lowest BCUT2D eigenvalue weighted by atomic mass is 10.2. The second-order valence-electron chi connectivity index (χ2n) is 5.48. The molecule has 3 aromatic rings. The largest absolute Gasteiger partial charge is 0.491 e. The van der Waals surface area contributed by atoms with Crippen LogP contribution in [-0.4, -0.2) is 32.9 Å². The highest BCUT2D eigenvalue weighted by Gasteiger charge is 2.20. The lowest BCUT2D eigenvalue weighted by Crippen LogP contribution is -2.26. The predicted octanol–water partition coefficient (Wildman–Crippen LogP) is 2.07. The SMILES string of the molecule is Cc1nc(N2CCOc3ccccc3C2)c2cnn(C)c2n1. The van der Waals surface area contributed by atoms with E-state index in [4.69, 9.17) is 4.74 Å². The molecule has 6 nitrogen and oxygen atoms in total. The van der Waals surface area contributed by atoms with E-state index < -0.39 is 0 Å². The summed E-state index contributed by atoms with van der Waals surface area (Å²) in [5, 5.41) is 5.30. The van der Waals surface area contributed by atoms with Crippen molar-refractivity contribution in [3.63, 3.8) is 0 Å². The summed E-state index contributed by atoms with van der Waals surface area (Å²) in [6, 6.07) is 8.16. The highest BCUT2D eigenvalue weighted by Crippen LogP contribution is 2.29. The molecule has 4 rings (SSSR count). The van der Waals surface area contributed by atoms with E-state index in [1.165, 1.54) is 5.56 Å². The molecule has 0 N–H and O–H groups in total. The second kappa shape index (κ2) is 4.98. The summed E-state index contributed by atoms with van der Waals surface area (Å²) < 4.78 is 7.63. The van der Waals surface area contributed by atoms with Crippen LogP contribution in [0, 0.1) is 6.92 Å². The third-order valence-electron chi connectivity index (χ3n) is 3.94. The number of benzene rings is 1. The Morgan fingerprint density at radius 1 is 1.18 bits per heavy atom. The van der Waals surface area contributed by atoms with Gasteiger partial charge in [-0.3, -0.25) is 4.68 Å². The minimum atomic E-state index is 0.641. The summed E-state index contributed by atoms with van der Waals surface area (Å²) in [4.78, 5) is 11.4. The molecule has 1 aromatic carbocycles. The van der Waals surface area contributed by atoms with Gasteiger partial charge < -0.3 is 9.64 Å². The maximum absolute atomic E-state index is 5.84. The molecule has 3 heterocycles. The molecule has 0 atom stereocenters. The molecule has 0 unspecified atom stereocenters. The Balaban J connectivity index is 1.82. The van der Waals surface area contributed by atoms with E-state index in [0.717, 1.165) is 41.5 Å². The Labute approximate surface area is 128 Å². The third-order valence-corrected chi connectivity index (χ3v) is 3.94. The van der Waals surface area contributed by atoms with Crippen molar-refractivity contribution in [1.29, 1.82) is 0 Å². The van der Waals surface area contributed by atoms with E-state index in [1.807, 2.05) is 38.4 Å². The maximum atomic E-state index is 5.84. The van der Waals surface area contributed by atoms with Gasteiger partial charge in [-0.15, -0.1) is 0 Å². The summed E-state index contributed by atoms with van der Waals surface area (Å²) in [7, 11) is 1.90. The zero-order chi connectivity index (χ0) is 15.1. The van der Waals surface area contributed by atoms with Crippen molar-refractivity contribution in [1.82, 2.24) is 19.7 Å². The Bertz CT molecular complexity index is 842. The maximum Gasteiger partial charge on any atom is 0.163 e. The molecule has 1 aliphatic rings. The van der Waals surface area contributed by atoms with Crippen LogP contribution in [0.3, 0.4) is 0 Å². The lowest BCUT2D eigenvalue weighted by Gasteiger charge is -2.21. The number of anilines is 1. The highest BCUT2D eigenvalue weighted by molar-refractivity contribution is 5.87. The van der Waals surface area contributed by atoms with E-state index in [9.17, 15) is 0 Å². The van der Waals surface area contributed by atoms with Crippen molar-refractivity contribution in [3.8, 4) is 5.75 Å². The van der Waals surface area contributed by atoms with Crippen LogP contribution in [0.15, 0.2) is 30.5 Å². The van der Waals surface area contributed by atoms with Crippen LogP contribution >= 0.6 is 0 Å². The van der Waals surface area contributed by atoms with Crippen LogP contribution in [0.5, 0.6) is 5.75 Å². The van der Waals surface area contributed by atoms with Crippen molar-refractivity contribution in [3.05, 3.63) is 41.9 Å². The van der Waals surface area contributed by atoms with E-state index >= 15 is 0 Å². The third kappa shape index (κ3) is 2.07. The van der Waals surface area contributed by atoms with Gasteiger partial charge in [0.05, 0.1) is 18.1 Å². The molecule has 0 saturated heterocycles. The number of rotatable bonds is 1. The van der Waals surface area contributed by atoms with Gasteiger partial charge in [0.25, 0.3) is 0 Å². The quantitative estimate of drug-likeness (QED) is 0.688. The second-order valence-corrected chi connectivity index (χ2v) is 5.48. The fourth-order valence-electron chi connectivity index (χ4n) is 2.86. The minimum Gasteiger partial charge on any atom is -0.491 e. The van der Waals surface area contributed by atoms with Gasteiger partial charge in [0.1, 0.15) is 24.0 Å². The average Bonchev–Trinajstić information content (AvgIpc) is 2.77. The zero-order valence-corrected chi connectivity index (χ0v) is 12.7. The molecule has 0 fully saturated rings. The van der Waals surface area contributed by atoms with E-state index in [2.05, 4.69) is 26.0 Å². The van der Waals surface area contributed by atoms with Crippen LogP contribution in [0.25, 0.3) is 11.0 Å². The molecule has 0 spiro atoms. The van der Waals surface area contributed by atoms with Crippen molar-refractivity contribution < 1.29 is 4.74 Å². The molecular formula is C16H17N5O. The monoisotopic (exact) mass is 295 g/mol. The summed E-state index contributed by atoms with van der Waals surface area (Å²) in [6.45, 7) is 4.12. The summed E-state index contributed by atoms with van der Waals surface area (Å²) in [5.41, 5.74) is 2.04. The number of para-hydroxylation sites is 1. The van der Waals surface area contributed by atoms with Crippen LogP contribution in [0.1, 0.15) is 11.4 Å². The molecule has 22 heavy (non-hydrogen) atoms. The van der Waals surface area contributed by atoms with Gasteiger partial charge in [0.15, 0.2) is 5.65 Å². The summed E-state index contributed by atoms with van der Waals surface area (Å²) >= 11 is 0. The molecule has 1 aliphatic heterocycles. The van der Waals surface area contributed by atoms with Crippen LogP contribution in [0.2, 0.25) is 0 Å². The van der Waals surface area contributed by atoms with Gasteiger partial charge in [-0.25, -0.2) is 9.97 Å². The summed E-state index contributed by atoms with van der Waals surface area (Å²) in [5.74, 6) is 2.64. The molecular weight excluding hydrogens is 278 g/mol. The smallest absolute Gasteiger partial charge is 0.163 e. The van der Waals surface area contributed by atoms with Crippen molar-refractivity contribution in [2.24, 2.45) is 7.05 Å². The van der Waals surface area contributed by atoms with Gasteiger partial charge in [-0.2, -0.15) is 5.10 Å². The van der Waals surface area contributed by atoms with Gasteiger partial charge in [0, 0.05) is 19.2 Å². The van der Waals surface area contributed by atoms with Gasteiger partial charge in [-0.1, -0.05) is 18.2 Å². The molecule has 2 aromatic heterocycles. The minimum absolute atomic E-state index is 0.641. The summed E-state index contributed by atoms with van der Waals surface area (Å²) in [6.07, 6.45) is 1.84. The molecule has 112 valence electrons. The number of ether oxygens (including phenoxy) is 1. The molecule has 0 amide bonds. The Kier molecular flexibility index (Phi) is 2.96. The standard InChI is InChI=1S/C16H17N5O/c1-11-18-15-13(9-17-20(15)2)16(19-11)21-7-8-22-14-6-4-3-5-12(14)10-21/h3-6,9H,7-8,10H2,1-2H3. The van der Waals surface area contributed by atoms with Crippen molar-refractivity contribution in [2.45, 2.75) is 13.5 Å². The van der Waals surface area contributed by atoms with Crippen molar-refractivity contribution >= 4 is 16.9 Å². The normalized spacial score (nSPS) is 14.5. The number of hydrogen-bond donors (Lipinski definition) is 0.